The standard InChI is InChI=1S/C21H27Cl2NO4/c1-13(2)16-8-14(4-5-20(16)26)9-17-18(22)10-15(11-19(17)23)28-12-21(27)24(3)6-7-25/h4-5,8,10-11,13,21,25-27H,6-7,9,12H2,1-3H3. The maximum atomic E-state index is 9.99. The minimum absolute atomic E-state index is 0.0260. The van der Waals surface area contributed by atoms with Gasteiger partial charge in [0.1, 0.15) is 24.3 Å². The first kappa shape index (κ1) is 22.8. The number of aliphatic hydroxyl groups excluding tert-OH is 2. The summed E-state index contributed by atoms with van der Waals surface area (Å²) in [6, 6.07) is 8.85. The second kappa shape index (κ2) is 10.3. The van der Waals surface area contributed by atoms with Crippen molar-refractivity contribution in [2.45, 2.75) is 32.4 Å². The highest BCUT2D eigenvalue weighted by Gasteiger charge is 2.15. The van der Waals surface area contributed by atoms with Gasteiger partial charge in [-0.15, -0.1) is 0 Å². The highest BCUT2D eigenvalue weighted by Crippen LogP contribution is 2.34. The minimum atomic E-state index is -0.851. The van der Waals surface area contributed by atoms with Crippen LogP contribution in [0.5, 0.6) is 11.5 Å². The Bertz CT molecular complexity index is 775. The molecule has 28 heavy (non-hydrogen) atoms. The number of aliphatic hydroxyl groups is 2. The van der Waals surface area contributed by atoms with Crippen LogP contribution in [0.15, 0.2) is 30.3 Å². The lowest BCUT2D eigenvalue weighted by Gasteiger charge is -2.22. The van der Waals surface area contributed by atoms with Gasteiger partial charge in [-0.25, -0.2) is 0 Å². The zero-order chi connectivity index (χ0) is 20.8. The quantitative estimate of drug-likeness (QED) is 0.526. The molecule has 0 aliphatic heterocycles. The average molecular weight is 428 g/mol. The van der Waals surface area contributed by atoms with Crippen LogP contribution in [0.2, 0.25) is 10.0 Å². The van der Waals surface area contributed by atoms with Gasteiger partial charge in [-0.3, -0.25) is 4.90 Å². The Morgan fingerprint density at radius 2 is 1.75 bits per heavy atom. The van der Waals surface area contributed by atoms with E-state index in [1.165, 1.54) is 0 Å². The van der Waals surface area contributed by atoms with Crippen molar-refractivity contribution < 1.29 is 20.1 Å². The number of likely N-dealkylation sites (N-methyl/N-ethyl adjacent to an activating group) is 1. The molecule has 5 nitrogen and oxygen atoms in total. The van der Waals surface area contributed by atoms with E-state index in [0.29, 0.717) is 28.8 Å². The van der Waals surface area contributed by atoms with Gasteiger partial charge in [0.05, 0.1) is 6.61 Å². The molecule has 0 spiro atoms. The van der Waals surface area contributed by atoms with E-state index in [1.807, 2.05) is 26.0 Å². The molecule has 2 rings (SSSR count). The van der Waals surface area contributed by atoms with Crippen LogP contribution in [0.25, 0.3) is 0 Å². The van der Waals surface area contributed by atoms with Crippen molar-refractivity contribution in [3.05, 3.63) is 57.1 Å². The van der Waals surface area contributed by atoms with Gasteiger partial charge in [-0.2, -0.15) is 0 Å². The second-order valence-corrected chi connectivity index (χ2v) is 7.90. The lowest BCUT2D eigenvalue weighted by Crippen LogP contribution is -2.38. The normalized spacial score (nSPS) is 12.6. The van der Waals surface area contributed by atoms with Gasteiger partial charge in [0, 0.05) is 23.0 Å². The molecule has 154 valence electrons. The average Bonchev–Trinajstić information content (AvgIpc) is 2.63. The lowest BCUT2D eigenvalue weighted by molar-refractivity contribution is -0.0191. The second-order valence-electron chi connectivity index (χ2n) is 7.09. The number of benzene rings is 2. The number of rotatable bonds is 9. The fraction of sp³-hybridized carbons (Fsp3) is 0.429. The summed E-state index contributed by atoms with van der Waals surface area (Å²) in [5, 5.41) is 29.8. The Morgan fingerprint density at radius 1 is 1.11 bits per heavy atom. The molecule has 2 aromatic rings. The summed E-state index contributed by atoms with van der Waals surface area (Å²) in [5.74, 6) is 0.949. The van der Waals surface area contributed by atoms with Crippen LogP contribution in [-0.2, 0) is 6.42 Å². The molecule has 1 atom stereocenters. The van der Waals surface area contributed by atoms with Crippen molar-refractivity contribution in [2.75, 3.05) is 26.8 Å². The van der Waals surface area contributed by atoms with Gasteiger partial charge >= 0.3 is 0 Å². The number of phenolic OH excluding ortho intramolecular Hbond substituents is 1. The Morgan fingerprint density at radius 3 is 2.32 bits per heavy atom. The zero-order valence-corrected chi connectivity index (χ0v) is 17.8. The van der Waals surface area contributed by atoms with Crippen molar-refractivity contribution in [1.82, 2.24) is 4.90 Å². The predicted octanol–water partition coefficient (Wildman–Crippen LogP) is 4.03. The fourth-order valence-electron chi connectivity index (χ4n) is 2.82. The molecule has 0 heterocycles. The third-order valence-corrected chi connectivity index (χ3v) is 5.24. The molecular formula is C21H27Cl2NO4. The predicted molar refractivity (Wildman–Crippen MR) is 113 cm³/mol. The van der Waals surface area contributed by atoms with Crippen molar-refractivity contribution in [3.63, 3.8) is 0 Å². The number of ether oxygens (including phenoxy) is 1. The number of hydrogen-bond acceptors (Lipinski definition) is 5. The van der Waals surface area contributed by atoms with Gasteiger partial charge in [0.15, 0.2) is 0 Å². The topological polar surface area (TPSA) is 73.2 Å². The van der Waals surface area contributed by atoms with Gasteiger partial charge in [-0.05, 0) is 47.9 Å². The lowest BCUT2D eigenvalue weighted by atomic mass is 9.96. The van der Waals surface area contributed by atoms with Gasteiger partial charge in [-0.1, -0.05) is 49.2 Å². The summed E-state index contributed by atoms with van der Waals surface area (Å²) < 4.78 is 5.59. The summed E-state index contributed by atoms with van der Waals surface area (Å²) in [5.41, 5.74) is 2.65. The third kappa shape index (κ3) is 6.00. The molecule has 1 unspecified atom stereocenters. The van der Waals surface area contributed by atoms with Gasteiger partial charge in [0.2, 0.25) is 0 Å². The highest BCUT2D eigenvalue weighted by molar-refractivity contribution is 6.36. The monoisotopic (exact) mass is 427 g/mol. The van der Waals surface area contributed by atoms with E-state index >= 15 is 0 Å². The first-order valence-corrected chi connectivity index (χ1v) is 9.90. The Hall–Kier alpha value is -1.50. The zero-order valence-electron chi connectivity index (χ0n) is 16.3. The van der Waals surface area contributed by atoms with Gasteiger partial charge in [0.25, 0.3) is 0 Å². The van der Waals surface area contributed by atoms with E-state index < -0.39 is 6.23 Å². The minimum Gasteiger partial charge on any atom is -0.508 e. The van der Waals surface area contributed by atoms with Crippen LogP contribution < -0.4 is 4.74 Å². The largest absolute Gasteiger partial charge is 0.508 e. The Labute approximate surface area is 176 Å². The molecule has 0 aliphatic rings. The number of hydrogen-bond donors (Lipinski definition) is 3. The van der Waals surface area contributed by atoms with E-state index in [-0.39, 0.29) is 24.9 Å². The van der Waals surface area contributed by atoms with E-state index in [9.17, 15) is 10.2 Å². The molecule has 0 saturated carbocycles. The number of halogens is 2. The molecule has 0 saturated heterocycles. The van der Waals surface area contributed by atoms with E-state index in [0.717, 1.165) is 16.7 Å². The van der Waals surface area contributed by atoms with Crippen molar-refractivity contribution in [2.24, 2.45) is 0 Å². The van der Waals surface area contributed by atoms with E-state index in [2.05, 4.69) is 0 Å². The summed E-state index contributed by atoms with van der Waals surface area (Å²) in [4.78, 5) is 1.58. The molecular weight excluding hydrogens is 401 g/mol. The maximum absolute atomic E-state index is 9.99. The van der Waals surface area contributed by atoms with Crippen molar-refractivity contribution in [1.29, 1.82) is 0 Å². The molecule has 0 aromatic heterocycles. The molecule has 0 aliphatic carbocycles. The highest BCUT2D eigenvalue weighted by atomic mass is 35.5. The molecule has 7 heteroatoms. The Balaban J connectivity index is 2.13. The van der Waals surface area contributed by atoms with Crippen LogP contribution in [0.1, 0.15) is 36.5 Å². The molecule has 0 amide bonds. The first-order chi connectivity index (χ1) is 13.2. The maximum Gasteiger partial charge on any atom is 0.141 e. The Kier molecular flexibility index (Phi) is 8.40. The number of aromatic hydroxyl groups is 1. The third-order valence-electron chi connectivity index (χ3n) is 4.57. The first-order valence-electron chi connectivity index (χ1n) is 9.14. The van der Waals surface area contributed by atoms with Crippen LogP contribution in [-0.4, -0.2) is 53.3 Å². The van der Waals surface area contributed by atoms with E-state index in [4.69, 9.17) is 33.0 Å². The molecule has 0 bridgehead atoms. The molecule has 0 radical (unpaired) electrons. The van der Waals surface area contributed by atoms with Crippen molar-refractivity contribution in [3.8, 4) is 11.5 Å². The van der Waals surface area contributed by atoms with Gasteiger partial charge < -0.3 is 20.1 Å². The van der Waals surface area contributed by atoms with Crippen LogP contribution in [0.4, 0.5) is 0 Å². The number of nitrogens with zero attached hydrogens (tertiary/aromatic N) is 1. The van der Waals surface area contributed by atoms with E-state index in [1.54, 1.807) is 30.1 Å². The van der Waals surface area contributed by atoms with Crippen LogP contribution in [0, 0.1) is 0 Å². The molecule has 2 aromatic carbocycles. The fourth-order valence-corrected chi connectivity index (χ4v) is 3.42. The van der Waals surface area contributed by atoms with Crippen LogP contribution >= 0.6 is 23.2 Å². The molecule has 3 N–H and O–H groups in total. The molecule has 0 fully saturated rings. The summed E-state index contributed by atoms with van der Waals surface area (Å²) in [6.07, 6.45) is -0.323. The van der Waals surface area contributed by atoms with Crippen LogP contribution in [0.3, 0.4) is 0 Å². The van der Waals surface area contributed by atoms with Crippen molar-refractivity contribution >= 4 is 23.2 Å². The number of phenols is 1. The smallest absolute Gasteiger partial charge is 0.141 e. The summed E-state index contributed by atoms with van der Waals surface area (Å²) in [7, 11) is 1.69. The summed E-state index contributed by atoms with van der Waals surface area (Å²) >= 11 is 12.9. The SMILES string of the molecule is CC(C)c1cc(Cc2c(Cl)cc(OCC(O)N(C)CCO)cc2Cl)ccc1O. The summed E-state index contributed by atoms with van der Waals surface area (Å²) in [6.45, 7) is 4.37.